The lowest BCUT2D eigenvalue weighted by Gasteiger charge is -2.40. The molecule has 0 bridgehead atoms. The molecule has 1 aromatic rings. The van der Waals surface area contributed by atoms with E-state index >= 15 is 0 Å². The van der Waals surface area contributed by atoms with E-state index in [1.54, 1.807) is 18.5 Å². The topological polar surface area (TPSA) is 93.5 Å². The molecular formula is C11H20N6O2. The zero-order chi connectivity index (χ0) is 14.2. The molecule has 0 aromatic carbocycles. The van der Waals surface area contributed by atoms with Crippen LogP contribution in [0.3, 0.4) is 0 Å². The number of aromatic nitrogens is 2. The monoisotopic (exact) mass is 268 g/mol. The van der Waals surface area contributed by atoms with Gasteiger partial charge in [-0.2, -0.15) is 0 Å². The zero-order valence-corrected chi connectivity index (χ0v) is 11.5. The predicted molar refractivity (Wildman–Crippen MR) is 72.3 cm³/mol. The van der Waals surface area contributed by atoms with Crippen LogP contribution in [0.2, 0.25) is 0 Å². The highest BCUT2D eigenvalue weighted by molar-refractivity contribution is 5.57. The minimum atomic E-state index is -0.422. The van der Waals surface area contributed by atoms with Gasteiger partial charge >= 0.3 is 5.82 Å². The highest BCUT2D eigenvalue weighted by Gasteiger charge is 2.34. The number of anilines is 1. The number of likely N-dealkylation sites (N-methyl/N-ethyl adjacent to an activating group) is 1. The van der Waals surface area contributed by atoms with Gasteiger partial charge in [-0.1, -0.05) is 0 Å². The Bertz CT molecular complexity index is 486. The number of hydrogen-bond acceptors (Lipinski definition) is 6. The van der Waals surface area contributed by atoms with Crippen molar-refractivity contribution in [3.05, 3.63) is 15.9 Å². The Morgan fingerprint density at radius 2 is 2.16 bits per heavy atom. The van der Waals surface area contributed by atoms with Crippen molar-refractivity contribution in [1.82, 2.24) is 14.5 Å². The molecule has 8 heteroatoms. The second kappa shape index (κ2) is 5.14. The number of nitro groups is 1. The smallest absolute Gasteiger partial charge is 0.358 e. The Kier molecular flexibility index (Phi) is 3.72. The van der Waals surface area contributed by atoms with Gasteiger partial charge in [0.2, 0.25) is 11.6 Å². The molecule has 1 saturated heterocycles. The van der Waals surface area contributed by atoms with Crippen LogP contribution in [0.15, 0.2) is 0 Å². The maximum Gasteiger partial charge on any atom is 0.406 e. The summed E-state index contributed by atoms with van der Waals surface area (Å²) in [5.41, 5.74) is 5.81. The van der Waals surface area contributed by atoms with Crippen molar-refractivity contribution >= 4 is 11.6 Å². The molecule has 8 nitrogen and oxygen atoms in total. The van der Waals surface area contributed by atoms with Gasteiger partial charge in [-0.05, 0) is 17.0 Å². The van der Waals surface area contributed by atoms with Gasteiger partial charge < -0.3 is 25.6 Å². The normalized spacial score (nSPS) is 20.8. The molecule has 0 amide bonds. The van der Waals surface area contributed by atoms with Crippen LogP contribution in [0.1, 0.15) is 5.82 Å². The van der Waals surface area contributed by atoms with Gasteiger partial charge in [-0.3, -0.25) is 4.57 Å². The number of nitrogens with zero attached hydrogens (tertiary/aromatic N) is 5. The van der Waals surface area contributed by atoms with Crippen LogP contribution in [0.25, 0.3) is 0 Å². The summed E-state index contributed by atoms with van der Waals surface area (Å²) in [6.07, 6.45) is 0. The highest BCUT2D eigenvalue weighted by atomic mass is 16.6. The number of hydrogen-bond donors (Lipinski definition) is 1. The summed E-state index contributed by atoms with van der Waals surface area (Å²) in [6, 6.07) is 0.0762. The van der Waals surface area contributed by atoms with Gasteiger partial charge in [0.1, 0.15) is 0 Å². The van der Waals surface area contributed by atoms with Crippen LogP contribution >= 0.6 is 0 Å². The van der Waals surface area contributed by atoms with Gasteiger partial charge in [0.25, 0.3) is 0 Å². The second-order valence-electron chi connectivity index (χ2n) is 4.97. The quantitative estimate of drug-likeness (QED) is 0.598. The third-order valence-electron chi connectivity index (χ3n) is 3.67. The molecule has 1 fully saturated rings. The fourth-order valence-corrected chi connectivity index (χ4v) is 2.52. The summed E-state index contributed by atoms with van der Waals surface area (Å²) in [4.78, 5) is 19.0. The van der Waals surface area contributed by atoms with Crippen LogP contribution in [0.5, 0.6) is 0 Å². The summed E-state index contributed by atoms with van der Waals surface area (Å²) < 4.78 is 1.77. The number of rotatable bonds is 3. The average molecular weight is 268 g/mol. The molecule has 0 radical (unpaired) electrons. The van der Waals surface area contributed by atoms with Gasteiger partial charge in [0, 0.05) is 40.2 Å². The van der Waals surface area contributed by atoms with E-state index in [1.165, 1.54) is 0 Å². The molecule has 1 aliphatic rings. The predicted octanol–water partition coefficient (Wildman–Crippen LogP) is -0.284. The van der Waals surface area contributed by atoms with Gasteiger partial charge in [-0.25, -0.2) is 0 Å². The van der Waals surface area contributed by atoms with Gasteiger partial charge in [-0.15, -0.1) is 0 Å². The minimum absolute atomic E-state index is 0.0762. The van der Waals surface area contributed by atoms with E-state index in [0.717, 1.165) is 19.6 Å². The average Bonchev–Trinajstić information content (AvgIpc) is 2.66. The van der Waals surface area contributed by atoms with Crippen LogP contribution in [0.4, 0.5) is 11.6 Å². The van der Waals surface area contributed by atoms with E-state index < -0.39 is 4.92 Å². The second-order valence-corrected chi connectivity index (χ2v) is 4.97. The third kappa shape index (κ3) is 2.41. The summed E-state index contributed by atoms with van der Waals surface area (Å²) in [6.45, 7) is 4.61. The van der Waals surface area contributed by atoms with Crippen LogP contribution < -0.4 is 10.6 Å². The standard InChI is InChI=1S/C11H20N6O2/c1-8-13-10(17(18)19)11(15(8)3)16-5-4-14(2)7-9(16)6-12/h9H,4-7,12H2,1-3H3. The Labute approximate surface area is 111 Å². The molecule has 0 spiro atoms. The molecule has 2 heterocycles. The Morgan fingerprint density at radius 1 is 1.47 bits per heavy atom. The first-order valence-corrected chi connectivity index (χ1v) is 6.28. The molecule has 0 saturated carbocycles. The van der Waals surface area contributed by atoms with E-state index in [1.807, 2.05) is 11.9 Å². The SMILES string of the molecule is Cc1nc([N+](=O)[O-])c(N2CCN(C)CC2CN)n1C. The molecule has 1 aliphatic heterocycles. The Morgan fingerprint density at radius 3 is 2.74 bits per heavy atom. The summed E-state index contributed by atoms with van der Waals surface area (Å²) >= 11 is 0. The van der Waals surface area contributed by atoms with Crippen molar-refractivity contribution in [2.24, 2.45) is 12.8 Å². The number of aryl methyl sites for hydroxylation is 1. The minimum Gasteiger partial charge on any atom is -0.358 e. The molecule has 0 aliphatic carbocycles. The van der Waals surface area contributed by atoms with Crippen molar-refractivity contribution in [2.45, 2.75) is 13.0 Å². The van der Waals surface area contributed by atoms with Crippen molar-refractivity contribution in [1.29, 1.82) is 0 Å². The lowest BCUT2D eigenvalue weighted by atomic mass is 10.1. The van der Waals surface area contributed by atoms with Crippen molar-refractivity contribution in [3.63, 3.8) is 0 Å². The first-order chi connectivity index (χ1) is 8.95. The lowest BCUT2D eigenvalue weighted by molar-refractivity contribution is -0.388. The molecule has 2 N–H and O–H groups in total. The zero-order valence-electron chi connectivity index (χ0n) is 11.5. The maximum absolute atomic E-state index is 11.2. The molecule has 1 aromatic heterocycles. The molecule has 19 heavy (non-hydrogen) atoms. The van der Waals surface area contributed by atoms with E-state index in [2.05, 4.69) is 9.88 Å². The van der Waals surface area contributed by atoms with Crippen LogP contribution in [-0.4, -0.2) is 58.6 Å². The molecular weight excluding hydrogens is 248 g/mol. The Hall–Kier alpha value is -1.67. The fourth-order valence-electron chi connectivity index (χ4n) is 2.52. The summed E-state index contributed by atoms with van der Waals surface area (Å²) in [5, 5.41) is 11.2. The van der Waals surface area contributed by atoms with E-state index in [4.69, 9.17) is 5.73 Å². The first kappa shape index (κ1) is 13.8. The number of piperazine rings is 1. The largest absolute Gasteiger partial charge is 0.406 e. The third-order valence-corrected chi connectivity index (χ3v) is 3.67. The molecule has 1 unspecified atom stereocenters. The number of nitrogens with two attached hydrogens (primary N) is 1. The van der Waals surface area contributed by atoms with E-state index in [0.29, 0.717) is 18.2 Å². The van der Waals surface area contributed by atoms with E-state index in [-0.39, 0.29) is 11.9 Å². The van der Waals surface area contributed by atoms with Crippen molar-refractivity contribution < 1.29 is 4.92 Å². The molecule has 1 atom stereocenters. The first-order valence-electron chi connectivity index (χ1n) is 6.28. The van der Waals surface area contributed by atoms with Gasteiger partial charge in [0.05, 0.1) is 6.04 Å². The maximum atomic E-state index is 11.2. The molecule has 106 valence electrons. The summed E-state index contributed by atoms with van der Waals surface area (Å²) in [7, 11) is 3.83. The van der Waals surface area contributed by atoms with E-state index in [9.17, 15) is 10.1 Å². The lowest BCUT2D eigenvalue weighted by Crippen LogP contribution is -2.55. The van der Waals surface area contributed by atoms with Crippen molar-refractivity contribution in [3.8, 4) is 0 Å². The Balaban J connectivity index is 2.42. The van der Waals surface area contributed by atoms with Crippen LogP contribution in [-0.2, 0) is 7.05 Å². The number of imidazole rings is 1. The van der Waals surface area contributed by atoms with Gasteiger partial charge in [0.15, 0.2) is 0 Å². The van der Waals surface area contributed by atoms with Crippen LogP contribution in [0, 0.1) is 17.0 Å². The highest BCUT2D eigenvalue weighted by Crippen LogP contribution is 2.30. The molecule has 2 rings (SSSR count). The fraction of sp³-hybridized carbons (Fsp3) is 0.727. The van der Waals surface area contributed by atoms with Crippen molar-refractivity contribution in [2.75, 3.05) is 38.1 Å². The summed E-state index contributed by atoms with van der Waals surface area (Å²) in [5.74, 6) is 1.12.